The minimum Gasteiger partial charge on any atom is -0.493 e. The molecule has 2 aromatic rings. The van der Waals surface area contributed by atoms with Crippen LogP contribution >= 0.6 is 0 Å². The SMILES string of the molecule is COc1ccc(CCN(C)C(=O)c2ccc(OC(F)F)c(OC)c2)cc1OC. The van der Waals surface area contributed by atoms with Crippen molar-refractivity contribution < 1.29 is 32.5 Å². The van der Waals surface area contributed by atoms with E-state index in [1.54, 1.807) is 26.2 Å². The average Bonchev–Trinajstić information content (AvgIpc) is 2.70. The first kappa shape index (κ1) is 21.3. The van der Waals surface area contributed by atoms with Crippen LogP contribution in [0.5, 0.6) is 23.0 Å². The van der Waals surface area contributed by atoms with E-state index in [0.29, 0.717) is 30.0 Å². The maximum atomic E-state index is 12.6. The lowest BCUT2D eigenvalue weighted by molar-refractivity contribution is -0.0512. The summed E-state index contributed by atoms with van der Waals surface area (Å²) in [5.41, 5.74) is 1.30. The molecule has 2 rings (SSSR count). The lowest BCUT2D eigenvalue weighted by atomic mass is 10.1. The highest BCUT2D eigenvalue weighted by Crippen LogP contribution is 2.30. The van der Waals surface area contributed by atoms with Crippen molar-refractivity contribution in [1.82, 2.24) is 4.90 Å². The first-order valence-electron chi connectivity index (χ1n) is 8.48. The van der Waals surface area contributed by atoms with Gasteiger partial charge in [0.2, 0.25) is 0 Å². The van der Waals surface area contributed by atoms with Crippen LogP contribution in [0.3, 0.4) is 0 Å². The van der Waals surface area contributed by atoms with Crippen LogP contribution in [0.1, 0.15) is 15.9 Å². The van der Waals surface area contributed by atoms with Crippen LogP contribution in [0.4, 0.5) is 8.78 Å². The number of amides is 1. The van der Waals surface area contributed by atoms with E-state index in [0.717, 1.165) is 5.56 Å². The van der Waals surface area contributed by atoms with Crippen LogP contribution in [-0.4, -0.2) is 52.3 Å². The summed E-state index contributed by atoms with van der Waals surface area (Å²) >= 11 is 0. The molecule has 6 nitrogen and oxygen atoms in total. The van der Waals surface area contributed by atoms with Gasteiger partial charge in [0.05, 0.1) is 21.3 Å². The number of hydrogen-bond acceptors (Lipinski definition) is 5. The summed E-state index contributed by atoms with van der Waals surface area (Å²) in [6.07, 6.45) is 0.603. The lowest BCUT2D eigenvalue weighted by Gasteiger charge is -2.19. The molecule has 28 heavy (non-hydrogen) atoms. The van der Waals surface area contributed by atoms with Crippen molar-refractivity contribution in [1.29, 1.82) is 0 Å². The molecule has 0 bridgehead atoms. The second kappa shape index (κ2) is 9.77. The molecule has 0 radical (unpaired) electrons. The Bertz CT molecular complexity index is 813. The minimum atomic E-state index is -2.97. The van der Waals surface area contributed by atoms with Crippen molar-refractivity contribution in [3.63, 3.8) is 0 Å². The predicted octanol–water partition coefficient (Wildman–Crippen LogP) is 3.63. The Morgan fingerprint density at radius 2 is 1.54 bits per heavy atom. The highest BCUT2D eigenvalue weighted by atomic mass is 19.3. The van der Waals surface area contributed by atoms with Crippen LogP contribution in [-0.2, 0) is 6.42 Å². The number of ether oxygens (including phenoxy) is 4. The van der Waals surface area contributed by atoms with E-state index in [-0.39, 0.29) is 17.4 Å². The lowest BCUT2D eigenvalue weighted by Crippen LogP contribution is -2.28. The van der Waals surface area contributed by atoms with Crippen LogP contribution < -0.4 is 18.9 Å². The van der Waals surface area contributed by atoms with Gasteiger partial charge in [-0.15, -0.1) is 0 Å². The molecule has 0 fully saturated rings. The van der Waals surface area contributed by atoms with Gasteiger partial charge >= 0.3 is 6.61 Å². The Labute approximate surface area is 162 Å². The van der Waals surface area contributed by atoms with Gasteiger partial charge in [-0.1, -0.05) is 6.07 Å². The minimum absolute atomic E-state index is 0.0689. The quantitative estimate of drug-likeness (QED) is 0.649. The summed E-state index contributed by atoms with van der Waals surface area (Å²) < 4.78 is 44.7. The van der Waals surface area contributed by atoms with E-state index in [1.807, 2.05) is 18.2 Å². The second-order valence-corrected chi connectivity index (χ2v) is 5.91. The normalized spacial score (nSPS) is 10.5. The fraction of sp³-hybridized carbons (Fsp3) is 0.350. The molecule has 0 aliphatic rings. The third-order valence-corrected chi connectivity index (χ3v) is 4.16. The van der Waals surface area contributed by atoms with Crippen LogP contribution in [0, 0.1) is 0 Å². The Morgan fingerprint density at radius 1 is 0.929 bits per heavy atom. The molecule has 0 N–H and O–H groups in total. The van der Waals surface area contributed by atoms with Crippen LogP contribution in [0.2, 0.25) is 0 Å². The highest BCUT2D eigenvalue weighted by Gasteiger charge is 2.17. The Balaban J connectivity index is 2.06. The molecule has 0 spiro atoms. The molecule has 0 heterocycles. The van der Waals surface area contributed by atoms with Gasteiger partial charge in [0.1, 0.15) is 0 Å². The largest absolute Gasteiger partial charge is 0.493 e. The van der Waals surface area contributed by atoms with Gasteiger partial charge in [0.25, 0.3) is 5.91 Å². The van der Waals surface area contributed by atoms with E-state index in [4.69, 9.17) is 14.2 Å². The van der Waals surface area contributed by atoms with Crippen molar-refractivity contribution in [2.75, 3.05) is 34.9 Å². The first-order chi connectivity index (χ1) is 13.4. The molecule has 0 unspecified atom stereocenters. The number of nitrogens with zero attached hydrogens (tertiary/aromatic N) is 1. The first-order valence-corrected chi connectivity index (χ1v) is 8.48. The summed E-state index contributed by atoms with van der Waals surface area (Å²) in [5.74, 6) is 0.936. The predicted molar refractivity (Wildman–Crippen MR) is 99.8 cm³/mol. The molecule has 152 valence electrons. The molecule has 0 atom stereocenters. The average molecular weight is 395 g/mol. The molecular formula is C20H23F2NO5. The number of benzene rings is 2. The number of methoxy groups -OCH3 is 3. The Morgan fingerprint density at radius 3 is 2.14 bits per heavy atom. The van der Waals surface area contributed by atoms with Crippen LogP contribution in [0.25, 0.3) is 0 Å². The third kappa shape index (κ3) is 5.25. The number of hydrogen-bond donors (Lipinski definition) is 0. The summed E-state index contributed by atoms with van der Waals surface area (Å²) in [6, 6.07) is 9.67. The number of halogens is 2. The van der Waals surface area contributed by atoms with Gasteiger partial charge in [-0.2, -0.15) is 8.78 Å². The molecule has 0 aliphatic heterocycles. The van der Waals surface area contributed by atoms with Crippen molar-refractivity contribution in [2.24, 2.45) is 0 Å². The van der Waals surface area contributed by atoms with E-state index in [9.17, 15) is 13.6 Å². The molecule has 0 saturated carbocycles. The van der Waals surface area contributed by atoms with E-state index in [1.165, 1.54) is 25.3 Å². The zero-order chi connectivity index (χ0) is 20.7. The van der Waals surface area contributed by atoms with Gasteiger partial charge in [-0.25, -0.2) is 0 Å². The van der Waals surface area contributed by atoms with E-state index in [2.05, 4.69) is 4.74 Å². The Hall–Kier alpha value is -3.03. The number of carbonyl (C=O) groups excluding carboxylic acids is 1. The van der Waals surface area contributed by atoms with Crippen molar-refractivity contribution in [2.45, 2.75) is 13.0 Å². The van der Waals surface area contributed by atoms with Crippen LogP contribution in [0.15, 0.2) is 36.4 Å². The third-order valence-electron chi connectivity index (χ3n) is 4.16. The molecule has 8 heteroatoms. The number of likely N-dealkylation sites (N-methyl/N-ethyl adjacent to an activating group) is 1. The van der Waals surface area contributed by atoms with Gasteiger partial charge < -0.3 is 23.8 Å². The standard InChI is InChI=1S/C20H23F2NO5/c1-23(10-9-13-5-7-15(25-2)17(11-13)26-3)19(24)14-6-8-16(28-20(21)22)18(12-14)27-4/h5-8,11-12,20H,9-10H2,1-4H3. The van der Waals surface area contributed by atoms with E-state index >= 15 is 0 Å². The Kier molecular flexibility index (Phi) is 7.43. The monoisotopic (exact) mass is 395 g/mol. The van der Waals surface area contributed by atoms with Gasteiger partial charge in [0, 0.05) is 19.2 Å². The van der Waals surface area contributed by atoms with Crippen molar-refractivity contribution >= 4 is 5.91 Å². The fourth-order valence-corrected chi connectivity index (χ4v) is 2.65. The van der Waals surface area contributed by atoms with Crippen molar-refractivity contribution in [3.05, 3.63) is 47.5 Å². The smallest absolute Gasteiger partial charge is 0.387 e. The summed E-state index contributed by atoms with van der Waals surface area (Å²) in [4.78, 5) is 14.2. The topological polar surface area (TPSA) is 57.2 Å². The zero-order valence-electron chi connectivity index (χ0n) is 16.2. The molecule has 0 aromatic heterocycles. The zero-order valence-corrected chi connectivity index (χ0v) is 16.2. The van der Waals surface area contributed by atoms with Gasteiger partial charge in [-0.05, 0) is 42.3 Å². The highest BCUT2D eigenvalue weighted by molar-refractivity contribution is 5.94. The summed E-state index contributed by atoms with van der Waals surface area (Å²) in [7, 11) is 6.11. The number of carbonyl (C=O) groups is 1. The molecule has 0 aliphatic carbocycles. The maximum Gasteiger partial charge on any atom is 0.387 e. The fourth-order valence-electron chi connectivity index (χ4n) is 2.65. The summed E-state index contributed by atoms with van der Waals surface area (Å²) in [6.45, 7) is -2.52. The molecule has 0 saturated heterocycles. The molecule has 2 aromatic carbocycles. The molecule has 1 amide bonds. The number of rotatable bonds is 9. The van der Waals surface area contributed by atoms with Gasteiger partial charge in [-0.3, -0.25) is 4.79 Å². The summed E-state index contributed by atoms with van der Waals surface area (Å²) in [5, 5.41) is 0. The number of alkyl halides is 2. The van der Waals surface area contributed by atoms with Crippen molar-refractivity contribution in [3.8, 4) is 23.0 Å². The second-order valence-electron chi connectivity index (χ2n) is 5.91. The maximum absolute atomic E-state index is 12.6. The van der Waals surface area contributed by atoms with E-state index < -0.39 is 6.61 Å². The van der Waals surface area contributed by atoms with Gasteiger partial charge in [0.15, 0.2) is 23.0 Å². The molecular weight excluding hydrogens is 372 g/mol.